The topological polar surface area (TPSA) is 97.1 Å². The summed E-state index contributed by atoms with van der Waals surface area (Å²) >= 11 is 6.20. The first-order valence-corrected chi connectivity index (χ1v) is 9.43. The van der Waals surface area contributed by atoms with Crippen LogP contribution in [0.3, 0.4) is 0 Å². The molecule has 3 heterocycles. The van der Waals surface area contributed by atoms with Crippen LogP contribution in [0.4, 0.5) is 5.69 Å². The predicted octanol–water partition coefficient (Wildman–Crippen LogP) is 3.80. The van der Waals surface area contributed by atoms with Crippen molar-refractivity contribution in [2.24, 2.45) is 0 Å². The van der Waals surface area contributed by atoms with Gasteiger partial charge in [0.05, 0.1) is 17.6 Å². The van der Waals surface area contributed by atoms with E-state index in [2.05, 4.69) is 20.3 Å². The molecule has 4 aromatic rings. The number of aromatic nitrogens is 4. The van der Waals surface area contributed by atoms with Crippen molar-refractivity contribution in [2.45, 2.75) is 12.3 Å². The average Bonchev–Trinajstić information content (AvgIpc) is 3.45. The molecule has 2 aromatic heterocycles. The first-order chi connectivity index (χ1) is 14.1. The number of aromatic amines is 1. The molecule has 2 aromatic carbocycles. The molecule has 1 aliphatic heterocycles. The number of carbonyl (C=O) groups is 1. The van der Waals surface area contributed by atoms with Crippen molar-refractivity contribution >= 4 is 34.1 Å². The molecule has 1 amide bonds. The van der Waals surface area contributed by atoms with Gasteiger partial charge in [-0.05, 0) is 24.3 Å². The number of fused-ring (bicyclic) bond motifs is 1. The van der Waals surface area contributed by atoms with Gasteiger partial charge in [-0.15, -0.1) is 0 Å². The van der Waals surface area contributed by atoms with Gasteiger partial charge in [0, 0.05) is 30.0 Å². The zero-order valence-electron chi connectivity index (χ0n) is 15.4. The fourth-order valence-electron chi connectivity index (χ4n) is 3.58. The smallest absolute Gasteiger partial charge is 0.279 e. The standard InChI is InChI=1S/C20H16ClN5O3/c1-28-16-7-6-12(9-14(16)21)26-10-11(8-17(26)27)19-22-20(29-25-19)18-13-4-2-3-5-15(13)23-24-18/h2-7,9,11H,8,10H2,1H3,(H,23,24). The second kappa shape index (κ2) is 6.89. The molecule has 1 atom stereocenters. The summed E-state index contributed by atoms with van der Waals surface area (Å²) in [6.45, 7) is 0.446. The van der Waals surface area contributed by atoms with Crippen LogP contribution < -0.4 is 9.64 Å². The normalized spacial score (nSPS) is 16.7. The lowest BCUT2D eigenvalue weighted by molar-refractivity contribution is -0.117. The van der Waals surface area contributed by atoms with E-state index in [1.807, 2.05) is 30.3 Å². The van der Waals surface area contributed by atoms with Crippen LogP contribution in [0.25, 0.3) is 22.5 Å². The molecule has 0 aliphatic carbocycles. The lowest BCUT2D eigenvalue weighted by Gasteiger charge is -2.17. The average molecular weight is 410 g/mol. The first kappa shape index (κ1) is 17.7. The maximum Gasteiger partial charge on any atom is 0.279 e. The Morgan fingerprint density at radius 3 is 2.97 bits per heavy atom. The van der Waals surface area contributed by atoms with Crippen molar-refractivity contribution in [3.8, 4) is 17.3 Å². The molecule has 1 unspecified atom stereocenters. The minimum atomic E-state index is -0.175. The molecule has 9 heteroatoms. The molecule has 1 aliphatic rings. The molecule has 146 valence electrons. The van der Waals surface area contributed by atoms with Gasteiger partial charge >= 0.3 is 0 Å². The molecule has 8 nitrogen and oxygen atoms in total. The monoisotopic (exact) mass is 409 g/mol. The molecule has 29 heavy (non-hydrogen) atoms. The minimum Gasteiger partial charge on any atom is -0.495 e. The predicted molar refractivity (Wildman–Crippen MR) is 107 cm³/mol. The van der Waals surface area contributed by atoms with E-state index in [9.17, 15) is 4.79 Å². The van der Waals surface area contributed by atoms with E-state index in [4.69, 9.17) is 20.9 Å². The van der Waals surface area contributed by atoms with Crippen LogP contribution in [0.15, 0.2) is 47.0 Å². The lowest BCUT2D eigenvalue weighted by atomic mass is 10.1. The van der Waals surface area contributed by atoms with E-state index < -0.39 is 0 Å². The highest BCUT2D eigenvalue weighted by molar-refractivity contribution is 6.32. The van der Waals surface area contributed by atoms with E-state index in [-0.39, 0.29) is 11.8 Å². The lowest BCUT2D eigenvalue weighted by Crippen LogP contribution is -2.24. The Bertz CT molecular complexity index is 1220. The number of halogens is 1. The van der Waals surface area contributed by atoms with Crippen molar-refractivity contribution in [1.29, 1.82) is 0 Å². The van der Waals surface area contributed by atoms with Gasteiger partial charge in [-0.1, -0.05) is 35.0 Å². The van der Waals surface area contributed by atoms with Crippen LogP contribution in [-0.2, 0) is 4.79 Å². The van der Waals surface area contributed by atoms with Crippen molar-refractivity contribution < 1.29 is 14.1 Å². The summed E-state index contributed by atoms with van der Waals surface area (Å²) in [5.74, 6) is 1.19. The van der Waals surface area contributed by atoms with E-state index in [0.29, 0.717) is 46.8 Å². The number of nitrogens with zero attached hydrogens (tertiary/aromatic N) is 4. The molecule has 5 rings (SSSR count). The first-order valence-electron chi connectivity index (χ1n) is 9.05. The second-order valence-corrected chi connectivity index (χ2v) is 7.21. The van der Waals surface area contributed by atoms with Crippen LogP contribution in [0.2, 0.25) is 5.02 Å². The van der Waals surface area contributed by atoms with Gasteiger partial charge in [0.2, 0.25) is 5.91 Å². The molecule has 1 fully saturated rings. The van der Waals surface area contributed by atoms with Gasteiger partial charge in [-0.2, -0.15) is 10.1 Å². The molecular formula is C20H16ClN5O3. The fourth-order valence-corrected chi connectivity index (χ4v) is 3.83. The third-order valence-corrected chi connectivity index (χ3v) is 5.35. The maximum absolute atomic E-state index is 12.6. The summed E-state index contributed by atoms with van der Waals surface area (Å²) in [7, 11) is 1.55. The van der Waals surface area contributed by atoms with Crippen LogP contribution in [-0.4, -0.2) is 39.9 Å². The molecule has 1 saturated heterocycles. The Morgan fingerprint density at radius 1 is 1.28 bits per heavy atom. The fraction of sp³-hybridized carbons (Fsp3) is 0.200. The zero-order chi connectivity index (χ0) is 20.0. The van der Waals surface area contributed by atoms with Gasteiger partial charge in [0.25, 0.3) is 5.89 Å². The number of rotatable bonds is 4. The number of amides is 1. The van der Waals surface area contributed by atoms with Gasteiger partial charge in [0.15, 0.2) is 11.5 Å². The number of hydrogen-bond donors (Lipinski definition) is 1. The summed E-state index contributed by atoms with van der Waals surface area (Å²) in [5, 5.41) is 12.7. The highest BCUT2D eigenvalue weighted by atomic mass is 35.5. The number of para-hydroxylation sites is 1. The largest absolute Gasteiger partial charge is 0.495 e. The molecule has 0 bridgehead atoms. The van der Waals surface area contributed by atoms with E-state index in [0.717, 1.165) is 10.9 Å². The summed E-state index contributed by atoms with van der Waals surface area (Å²) in [4.78, 5) is 18.8. The van der Waals surface area contributed by atoms with Crippen molar-refractivity contribution in [3.63, 3.8) is 0 Å². The third-order valence-electron chi connectivity index (χ3n) is 5.05. The number of anilines is 1. The minimum absolute atomic E-state index is 0.0206. The Balaban J connectivity index is 1.40. The van der Waals surface area contributed by atoms with E-state index >= 15 is 0 Å². The van der Waals surface area contributed by atoms with Gasteiger partial charge in [-0.3, -0.25) is 9.89 Å². The summed E-state index contributed by atoms with van der Waals surface area (Å²) in [6.07, 6.45) is 0.296. The van der Waals surface area contributed by atoms with Crippen LogP contribution in [0, 0.1) is 0 Å². The Morgan fingerprint density at radius 2 is 2.14 bits per heavy atom. The van der Waals surface area contributed by atoms with Gasteiger partial charge in [-0.25, -0.2) is 0 Å². The summed E-state index contributed by atoms with van der Waals surface area (Å²) in [6, 6.07) is 13.0. The SMILES string of the molecule is COc1ccc(N2CC(c3noc(-c4n[nH]c5ccccc45)n3)CC2=O)cc1Cl. The van der Waals surface area contributed by atoms with Crippen LogP contribution in [0.5, 0.6) is 5.75 Å². The molecular weight excluding hydrogens is 394 g/mol. The summed E-state index contributed by atoms with van der Waals surface area (Å²) < 4.78 is 10.6. The third kappa shape index (κ3) is 3.01. The molecule has 0 radical (unpaired) electrons. The zero-order valence-corrected chi connectivity index (χ0v) is 16.2. The number of hydrogen-bond acceptors (Lipinski definition) is 6. The Kier molecular flexibility index (Phi) is 4.21. The van der Waals surface area contributed by atoms with Gasteiger partial charge < -0.3 is 14.2 Å². The quantitative estimate of drug-likeness (QED) is 0.550. The number of carbonyl (C=O) groups excluding carboxylic acids is 1. The number of benzene rings is 2. The number of methoxy groups -OCH3 is 1. The van der Waals surface area contributed by atoms with Gasteiger partial charge in [0.1, 0.15) is 5.75 Å². The number of H-pyrrole nitrogens is 1. The Labute approximate surface area is 170 Å². The summed E-state index contributed by atoms with van der Waals surface area (Å²) in [5.41, 5.74) is 2.20. The van der Waals surface area contributed by atoms with Crippen LogP contribution in [0.1, 0.15) is 18.2 Å². The second-order valence-electron chi connectivity index (χ2n) is 6.80. The molecule has 1 N–H and O–H groups in total. The number of nitrogens with one attached hydrogen (secondary N) is 1. The number of ether oxygens (including phenoxy) is 1. The van der Waals surface area contributed by atoms with Crippen LogP contribution >= 0.6 is 11.6 Å². The molecule has 0 saturated carbocycles. The van der Waals surface area contributed by atoms with Crippen molar-refractivity contribution in [1.82, 2.24) is 20.3 Å². The van der Waals surface area contributed by atoms with Crippen molar-refractivity contribution in [3.05, 3.63) is 53.3 Å². The highest BCUT2D eigenvalue weighted by Crippen LogP contribution is 2.35. The maximum atomic E-state index is 12.6. The van der Waals surface area contributed by atoms with E-state index in [1.165, 1.54) is 0 Å². The molecule has 0 spiro atoms. The van der Waals surface area contributed by atoms with Crippen molar-refractivity contribution in [2.75, 3.05) is 18.6 Å². The highest BCUT2D eigenvalue weighted by Gasteiger charge is 2.35. The Hall–Kier alpha value is -3.39. The van der Waals surface area contributed by atoms with E-state index in [1.54, 1.807) is 24.1 Å².